The van der Waals surface area contributed by atoms with Gasteiger partial charge >= 0.3 is 5.97 Å². The number of esters is 1. The van der Waals surface area contributed by atoms with Gasteiger partial charge in [0, 0.05) is 13.1 Å². The molecule has 25 heavy (non-hydrogen) atoms. The first-order valence-corrected chi connectivity index (χ1v) is 8.38. The lowest BCUT2D eigenvalue weighted by atomic mass is 10.2. The molecule has 0 amide bonds. The van der Waals surface area contributed by atoms with Gasteiger partial charge < -0.3 is 9.64 Å². The molecule has 132 valence electrons. The second-order valence-corrected chi connectivity index (χ2v) is 6.06. The summed E-state index contributed by atoms with van der Waals surface area (Å²) in [4.78, 5) is 33.7. The predicted molar refractivity (Wildman–Crippen MR) is 99.2 cm³/mol. The number of ether oxygens (including phenoxy) is 1. The Kier molecular flexibility index (Phi) is 6.78. The SMILES string of the molecule is COC(=O)CCN(Cc1ccccc1)c1nc(C)nc(Cl)c1C(=O)S. The van der Waals surface area contributed by atoms with Crippen LogP contribution in [-0.4, -0.2) is 34.7 Å². The number of aromatic nitrogens is 2. The van der Waals surface area contributed by atoms with E-state index in [1.165, 1.54) is 7.11 Å². The van der Waals surface area contributed by atoms with Gasteiger partial charge in [0.1, 0.15) is 22.4 Å². The molecule has 0 saturated heterocycles. The number of benzene rings is 1. The lowest BCUT2D eigenvalue weighted by Gasteiger charge is -2.25. The van der Waals surface area contributed by atoms with Gasteiger partial charge in [0.25, 0.3) is 0 Å². The number of methoxy groups -OCH3 is 1. The molecular formula is C17H18ClN3O3S. The fraction of sp³-hybridized carbons (Fsp3) is 0.294. The predicted octanol–water partition coefficient (Wildman–Crippen LogP) is 3.08. The Hall–Kier alpha value is -2.12. The minimum atomic E-state index is -0.531. The first kappa shape index (κ1) is 19.2. The highest BCUT2D eigenvalue weighted by molar-refractivity contribution is 7.97. The fourth-order valence-electron chi connectivity index (χ4n) is 2.33. The second-order valence-electron chi connectivity index (χ2n) is 5.30. The van der Waals surface area contributed by atoms with Crippen LogP contribution in [0.5, 0.6) is 0 Å². The third kappa shape index (κ3) is 5.17. The summed E-state index contributed by atoms with van der Waals surface area (Å²) in [5.74, 6) is 0.424. The van der Waals surface area contributed by atoms with Gasteiger partial charge in [0.05, 0.1) is 13.5 Å². The maximum atomic E-state index is 11.9. The topological polar surface area (TPSA) is 72.4 Å². The summed E-state index contributed by atoms with van der Waals surface area (Å²) >= 11 is 10.0. The van der Waals surface area contributed by atoms with Gasteiger partial charge in [-0.3, -0.25) is 9.59 Å². The van der Waals surface area contributed by atoms with Crippen molar-refractivity contribution in [2.45, 2.75) is 19.9 Å². The van der Waals surface area contributed by atoms with Crippen LogP contribution in [0.1, 0.15) is 28.2 Å². The Morgan fingerprint density at radius 1 is 1.24 bits per heavy atom. The zero-order chi connectivity index (χ0) is 18.4. The number of hydrogen-bond acceptors (Lipinski definition) is 6. The van der Waals surface area contributed by atoms with Crippen molar-refractivity contribution in [1.82, 2.24) is 9.97 Å². The maximum absolute atomic E-state index is 11.9. The van der Waals surface area contributed by atoms with Gasteiger partial charge in [0.15, 0.2) is 0 Å². The third-order valence-electron chi connectivity index (χ3n) is 3.50. The first-order chi connectivity index (χ1) is 11.9. The van der Waals surface area contributed by atoms with Crippen molar-refractivity contribution in [3.63, 3.8) is 0 Å². The van der Waals surface area contributed by atoms with Crippen LogP contribution in [-0.2, 0) is 16.1 Å². The molecule has 6 nitrogen and oxygen atoms in total. The van der Waals surface area contributed by atoms with E-state index in [0.29, 0.717) is 24.7 Å². The minimum Gasteiger partial charge on any atom is -0.469 e. The quantitative estimate of drug-likeness (QED) is 0.453. The molecular weight excluding hydrogens is 362 g/mol. The van der Waals surface area contributed by atoms with E-state index in [-0.39, 0.29) is 23.1 Å². The van der Waals surface area contributed by atoms with Crippen LogP contribution >= 0.6 is 24.2 Å². The van der Waals surface area contributed by atoms with Crippen molar-refractivity contribution in [3.8, 4) is 0 Å². The fourth-order valence-corrected chi connectivity index (χ4v) is 2.89. The number of nitrogens with zero attached hydrogens (tertiary/aromatic N) is 3. The summed E-state index contributed by atoms with van der Waals surface area (Å²) in [5, 5.41) is -0.491. The van der Waals surface area contributed by atoms with Crippen LogP contribution in [0.3, 0.4) is 0 Å². The summed E-state index contributed by atoms with van der Waals surface area (Å²) < 4.78 is 4.71. The number of anilines is 1. The Morgan fingerprint density at radius 3 is 2.52 bits per heavy atom. The van der Waals surface area contributed by atoms with Gasteiger partial charge in [-0.1, -0.05) is 41.9 Å². The monoisotopic (exact) mass is 379 g/mol. The van der Waals surface area contributed by atoms with Crippen molar-refractivity contribution in [3.05, 3.63) is 52.4 Å². The molecule has 0 N–H and O–H groups in total. The van der Waals surface area contributed by atoms with E-state index in [1.54, 1.807) is 11.8 Å². The standard InChI is InChI=1S/C17H18ClN3O3S/c1-11-19-15(18)14(17(23)25)16(20-11)21(9-8-13(22)24-2)10-12-6-4-3-5-7-12/h3-7H,8-10H2,1-2H3,(H,23,25). The van der Waals surface area contributed by atoms with Gasteiger partial charge in [-0.05, 0) is 12.5 Å². The Morgan fingerprint density at radius 2 is 1.92 bits per heavy atom. The van der Waals surface area contributed by atoms with E-state index in [0.717, 1.165) is 5.56 Å². The van der Waals surface area contributed by atoms with Crippen molar-refractivity contribution >= 4 is 41.1 Å². The van der Waals surface area contributed by atoms with E-state index in [4.69, 9.17) is 16.3 Å². The van der Waals surface area contributed by atoms with Crippen molar-refractivity contribution < 1.29 is 14.3 Å². The smallest absolute Gasteiger partial charge is 0.307 e. The average molecular weight is 380 g/mol. The number of carbonyl (C=O) groups excluding carboxylic acids is 2. The molecule has 0 aliphatic heterocycles. The molecule has 0 spiro atoms. The Bertz CT molecular complexity index is 771. The van der Waals surface area contributed by atoms with Crippen LogP contribution in [0.25, 0.3) is 0 Å². The van der Waals surface area contributed by atoms with Crippen molar-refractivity contribution in [1.29, 1.82) is 0 Å². The summed E-state index contributed by atoms with van der Waals surface area (Å²) in [6, 6.07) is 9.63. The minimum absolute atomic E-state index is 0.0404. The van der Waals surface area contributed by atoms with Gasteiger partial charge in [-0.2, -0.15) is 0 Å². The molecule has 1 heterocycles. The Labute approximate surface area is 156 Å². The first-order valence-electron chi connectivity index (χ1n) is 7.55. The molecule has 0 fully saturated rings. The molecule has 2 rings (SSSR count). The zero-order valence-electron chi connectivity index (χ0n) is 13.9. The highest BCUT2D eigenvalue weighted by Gasteiger charge is 2.22. The molecule has 1 aromatic heterocycles. The van der Waals surface area contributed by atoms with E-state index in [9.17, 15) is 9.59 Å². The summed E-state index contributed by atoms with van der Waals surface area (Å²) in [6.45, 7) is 2.43. The number of rotatable bonds is 7. The van der Waals surface area contributed by atoms with E-state index >= 15 is 0 Å². The third-order valence-corrected chi connectivity index (χ3v) is 4.00. The summed E-state index contributed by atoms with van der Waals surface area (Å²) in [5.41, 5.74) is 1.12. The van der Waals surface area contributed by atoms with Crippen molar-refractivity contribution in [2.75, 3.05) is 18.6 Å². The second kappa shape index (κ2) is 8.82. The van der Waals surface area contributed by atoms with Gasteiger partial charge in [-0.15, -0.1) is 12.6 Å². The Balaban J connectivity index is 2.43. The van der Waals surface area contributed by atoms with E-state index in [1.807, 2.05) is 30.3 Å². The molecule has 0 bridgehead atoms. The maximum Gasteiger partial charge on any atom is 0.307 e. The van der Waals surface area contributed by atoms with Crippen LogP contribution in [0.4, 0.5) is 5.82 Å². The van der Waals surface area contributed by atoms with Crippen LogP contribution in [0.15, 0.2) is 30.3 Å². The number of carbonyl (C=O) groups is 2. The van der Waals surface area contributed by atoms with Gasteiger partial charge in [-0.25, -0.2) is 9.97 Å². The summed E-state index contributed by atoms with van der Waals surface area (Å²) in [7, 11) is 1.33. The number of aryl methyl sites for hydroxylation is 1. The number of hydrogen-bond donors (Lipinski definition) is 1. The average Bonchev–Trinajstić information content (AvgIpc) is 2.58. The lowest BCUT2D eigenvalue weighted by molar-refractivity contribution is -0.140. The molecule has 1 aromatic carbocycles. The molecule has 0 aliphatic rings. The molecule has 0 saturated carbocycles. The number of halogens is 1. The highest BCUT2D eigenvalue weighted by Crippen LogP contribution is 2.27. The highest BCUT2D eigenvalue weighted by atomic mass is 35.5. The molecule has 2 aromatic rings. The van der Waals surface area contributed by atoms with Crippen molar-refractivity contribution in [2.24, 2.45) is 0 Å². The van der Waals surface area contributed by atoms with Crippen LogP contribution in [0.2, 0.25) is 5.15 Å². The molecule has 0 aliphatic carbocycles. The molecule has 8 heteroatoms. The van der Waals surface area contributed by atoms with Gasteiger partial charge in [0.2, 0.25) is 5.12 Å². The molecule has 0 unspecified atom stereocenters. The van der Waals surface area contributed by atoms with E-state index < -0.39 is 5.12 Å². The van der Waals surface area contributed by atoms with E-state index in [2.05, 4.69) is 22.6 Å². The van der Waals surface area contributed by atoms with Crippen LogP contribution in [0, 0.1) is 6.92 Å². The normalized spacial score (nSPS) is 10.4. The number of thiol groups is 1. The lowest BCUT2D eigenvalue weighted by Crippen LogP contribution is -2.29. The zero-order valence-corrected chi connectivity index (χ0v) is 15.5. The largest absolute Gasteiger partial charge is 0.469 e. The van der Waals surface area contributed by atoms with Crippen LogP contribution < -0.4 is 4.90 Å². The summed E-state index contributed by atoms with van der Waals surface area (Å²) in [6.07, 6.45) is 0.143. The molecule has 0 atom stereocenters. The molecule has 0 radical (unpaired) electrons.